The fraction of sp³-hybridized carbons (Fsp3) is 0.164. The third-order valence-corrected chi connectivity index (χ3v) is 12.9. The quantitative estimate of drug-likeness (QED) is 0.173. The van der Waals surface area contributed by atoms with Crippen LogP contribution in [0.4, 0.5) is 0 Å². The summed E-state index contributed by atoms with van der Waals surface area (Å²) in [6, 6.07) is 57.6. The van der Waals surface area contributed by atoms with E-state index in [0.717, 1.165) is 72.7 Å². The van der Waals surface area contributed by atoms with Crippen molar-refractivity contribution in [3.63, 3.8) is 0 Å². The summed E-state index contributed by atoms with van der Waals surface area (Å²) >= 11 is 0. The molecule has 5 heteroatoms. The Balaban J connectivity index is 1.11. The molecule has 10 rings (SSSR count). The maximum Gasteiger partial charge on any atom is 0.124 e. The van der Waals surface area contributed by atoms with Gasteiger partial charge in [-0.05, 0) is 136 Å². The van der Waals surface area contributed by atoms with Crippen molar-refractivity contribution in [2.45, 2.75) is 66.2 Å². The second kappa shape index (κ2) is 16.4. The first-order valence-electron chi connectivity index (χ1n) is 22.8. The monoisotopic (exact) mass is 858 g/mol. The van der Waals surface area contributed by atoms with Crippen molar-refractivity contribution in [2.75, 3.05) is 0 Å². The van der Waals surface area contributed by atoms with Gasteiger partial charge in [0.05, 0.1) is 33.8 Å². The molecule has 0 aliphatic carbocycles. The average molecular weight is 859 g/mol. The Labute approximate surface area is 388 Å². The molecule has 0 bridgehead atoms. The number of pyridine rings is 3. The third-order valence-electron chi connectivity index (χ3n) is 12.9. The van der Waals surface area contributed by atoms with Crippen molar-refractivity contribution < 1.29 is 5.11 Å². The summed E-state index contributed by atoms with van der Waals surface area (Å²) < 4.78 is 2.44. The third kappa shape index (κ3) is 7.85. The zero-order chi connectivity index (χ0) is 45.9. The predicted molar refractivity (Wildman–Crippen MR) is 275 cm³/mol. The molecule has 4 aromatic heterocycles. The topological polar surface area (TPSA) is 63.8 Å². The van der Waals surface area contributed by atoms with Crippen LogP contribution in [-0.4, -0.2) is 24.6 Å². The second-order valence-electron chi connectivity index (χ2n) is 19.7. The van der Waals surface area contributed by atoms with E-state index in [-0.39, 0.29) is 16.6 Å². The van der Waals surface area contributed by atoms with Crippen LogP contribution in [0.3, 0.4) is 0 Å². The molecular weight excluding hydrogens is 805 g/mol. The fourth-order valence-corrected chi connectivity index (χ4v) is 9.27. The van der Waals surface area contributed by atoms with E-state index in [9.17, 15) is 5.11 Å². The minimum atomic E-state index is -0.0472. The highest BCUT2D eigenvalue weighted by Gasteiger charge is 2.23. The zero-order valence-electron chi connectivity index (χ0n) is 39.0. The first kappa shape index (κ1) is 42.3. The maximum absolute atomic E-state index is 11.1. The van der Waals surface area contributed by atoms with Gasteiger partial charge in [0.25, 0.3) is 0 Å². The number of rotatable bonds is 7. The number of nitrogens with zero attached hydrogens (tertiary/aromatic N) is 4. The standard InChI is InChI=1S/C61H54N4O/c1-38-30-57(39(2)29-51(38)52-23-13-14-27-62-52)65-56-24-11-9-19-48(56)49-22-16-21-47(59(49)65)40-26-28-63-53(34-40)41-17-15-18-42(31-41)54-35-44(36-55(64-54)50-20-10-12-25-58(50)66)43-32-45(60(3,4)5)37-46(33-43)61(6,7)8/h9-37,66H,1-8H3. The minimum Gasteiger partial charge on any atom is -0.507 e. The van der Waals surface area contributed by atoms with E-state index in [1.165, 1.54) is 33.0 Å². The summed E-state index contributed by atoms with van der Waals surface area (Å²) in [5.41, 5.74) is 19.8. The van der Waals surface area contributed by atoms with Crippen LogP contribution in [0.2, 0.25) is 0 Å². The lowest BCUT2D eigenvalue weighted by atomic mass is 9.79. The molecule has 0 fully saturated rings. The zero-order valence-corrected chi connectivity index (χ0v) is 39.0. The van der Waals surface area contributed by atoms with Crippen LogP contribution < -0.4 is 0 Å². The second-order valence-corrected chi connectivity index (χ2v) is 19.7. The Hall–Kier alpha value is -7.63. The van der Waals surface area contributed by atoms with Crippen molar-refractivity contribution in [2.24, 2.45) is 0 Å². The van der Waals surface area contributed by atoms with Crippen LogP contribution in [0.1, 0.15) is 63.8 Å². The molecule has 1 N–H and O–H groups in total. The van der Waals surface area contributed by atoms with Crippen LogP contribution in [-0.2, 0) is 10.8 Å². The lowest BCUT2D eigenvalue weighted by Crippen LogP contribution is -2.16. The highest BCUT2D eigenvalue weighted by atomic mass is 16.3. The first-order valence-corrected chi connectivity index (χ1v) is 22.8. The number of aromatic nitrogens is 4. The fourth-order valence-electron chi connectivity index (χ4n) is 9.27. The number of hydrogen-bond donors (Lipinski definition) is 1. The predicted octanol–water partition coefficient (Wildman–Crippen LogP) is 15.9. The van der Waals surface area contributed by atoms with E-state index in [0.29, 0.717) is 11.3 Å². The SMILES string of the molecule is Cc1cc(-n2c3ccccc3c3cccc(-c4ccnc(-c5cccc(-c6cc(-c7cc(C(C)(C)C)cc(C(C)(C)C)c7)cc(-c7ccccc7O)n6)c5)c4)c32)c(C)cc1-c1ccccn1. The van der Waals surface area contributed by atoms with Gasteiger partial charge in [0.1, 0.15) is 5.75 Å². The summed E-state index contributed by atoms with van der Waals surface area (Å²) in [7, 11) is 0. The molecule has 6 aromatic carbocycles. The molecule has 0 unspecified atom stereocenters. The van der Waals surface area contributed by atoms with E-state index < -0.39 is 0 Å². The molecule has 0 saturated carbocycles. The van der Waals surface area contributed by atoms with Crippen LogP contribution in [0, 0.1) is 13.8 Å². The average Bonchev–Trinajstić information content (AvgIpc) is 3.66. The number of phenols is 1. The molecule has 5 nitrogen and oxygen atoms in total. The normalized spacial score (nSPS) is 12.0. The van der Waals surface area contributed by atoms with Crippen molar-refractivity contribution in [1.82, 2.24) is 19.5 Å². The number of hydrogen-bond acceptors (Lipinski definition) is 4. The first-order chi connectivity index (χ1) is 31.7. The molecule has 0 saturated heterocycles. The highest BCUT2D eigenvalue weighted by Crippen LogP contribution is 2.42. The van der Waals surface area contributed by atoms with E-state index in [1.54, 1.807) is 6.07 Å². The van der Waals surface area contributed by atoms with E-state index >= 15 is 0 Å². The summed E-state index contributed by atoms with van der Waals surface area (Å²) in [5.74, 6) is 0.197. The van der Waals surface area contributed by atoms with Gasteiger partial charge in [-0.1, -0.05) is 133 Å². The van der Waals surface area contributed by atoms with E-state index in [1.807, 2.05) is 42.7 Å². The van der Waals surface area contributed by atoms with Crippen LogP contribution in [0.15, 0.2) is 176 Å². The molecule has 0 radical (unpaired) electrons. The van der Waals surface area contributed by atoms with Crippen molar-refractivity contribution in [3.05, 3.63) is 198 Å². The van der Waals surface area contributed by atoms with Gasteiger partial charge in [-0.3, -0.25) is 9.97 Å². The van der Waals surface area contributed by atoms with Crippen LogP contribution in [0.5, 0.6) is 5.75 Å². The van der Waals surface area contributed by atoms with Crippen LogP contribution in [0.25, 0.3) is 94.8 Å². The molecule has 0 amide bonds. The van der Waals surface area contributed by atoms with Crippen molar-refractivity contribution >= 4 is 21.8 Å². The Morgan fingerprint density at radius 3 is 1.79 bits per heavy atom. The molecule has 0 spiro atoms. The summed E-state index contributed by atoms with van der Waals surface area (Å²) in [6.07, 6.45) is 3.78. The largest absolute Gasteiger partial charge is 0.507 e. The number of aryl methyl sites for hydroxylation is 2. The number of fused-ring (bicyclic) bond motifs is 3. The van der Waals surface area contributed by atoms with Gasteiger partial charge in [0.15, 0.2) is 0 Å². The van der Waals surface area contributed by atoms with Gasteiger partial charge in [-0.25, -0.2) is 4.98 Å². The van der Waals surface area contributed by atoms with Gasteiger partial charge < -0.3 is 9.67 Å². The van der Waals surface area contributed by atoms with Gasteiger partial charge >= 0.3 is 0 Å². The molecule has 4 heterocycles. The smallest absolute Gasteiger partial charge is 0.124 e. The summed E-state index contributed by atoms with van der Waals surface area (Å²) in [6.45, 7) is 18.0. The van der Waals surface area contributed by atoms with Crippen LogP contribution >= 0.6 is 0 Å². The van der Waals surface area contributed by atoms with Gasteiger partial charge in [0.2, 0.25) is 0 Å². The Bertz CT molecular complexity index is 3440. The molecule has 324 valence electrons. The number of para-hydroxylation sites is 3. The van der Waals surface area contributed by atoms with Gasteiger partial charge in [-0.2, -0.15) is 0 Å². The van der Waals surface area contributed by atoms with Gasteiger partial charge in [0, 0.05) is 56.7 Å². The highest BCUT2D eigenvalue weighted by molar-refractivity contribution is 6.14. The molecule has 0 aliphatic rings. The summed E-state index contributed by atoms with van der Waals surface area (Å²) in [5, 5.41) is 13.5. The van der Waals surface area contributed by atoms with E-state index in [4.69, 9.17) is 9.97 Å². The van der Waals surface area contributed by atoms with Crippen molar-refractivity contribution in [1.29, 1.82) is 0 Å². The minimum absolute atomic E-state index is 0.0472. The lowest BCUT2D eigenvalue weighted by molar-refractivity contribution is 0.477. The number of benzene rings is 6. The molecule has 10 aromatic rings. The summed E-state index contributed by atoms with van der Waals surface area (Å²) in [4.78, 5) is 14.9. The Morgan fingerprint density at radius 1 is 0.424 bits per heavy atom. The maximum atomic E-state index is 11.1. The number of phenolic OH excluding ortho intramolecular Hbond substituents is 1. The molecule has 66 heavy (non-hydrogen) atoms. The molecular formula is C61H54N4O. The lowest BCUT2D eigenvalue weighted by Gasteiger charge is -2.26. The number of aromatic hydroxyl groups is 1. The van der Waals surface area contributed by atoms with Gasteiger partial charge in [-0.15, -0.1) is 0 Å². The van der Waals surface area contributed by atoms with E-state index in [2.05, 4.69) is 192 Å². The Morgan fingerprint density at radius 2 is 1.05 bits per heavy atom. The van der Waals surface area contributed by atoms with Crippen molar-refractivity contribution in [3.8, 4) is 78.7 Å². The molecule has 0 atom stereocenters. The Kier molecular flexibility index (Phi) is 10.5. The molecule has 0 aliphatic heterocycles.